The summed E-state index contributed by atoms with van der Waals surface area (Å²) in [5, 5.41) is 8.82. The van der Waals surface area contributed by atoms with Crippen molar-refractivity contribution in [3.8, 4) is 5.75 Å². The topological polar surface area (TPSA) is 55.8 Å². The van der Waals surface area contributed by atoms with Crippen molar-refractivity contribution in [3.63, 3.8) is 0 Å². The van der Waals surface area contributed by atoms with Gasteiger partial charge in [0.25, 0.3) is 0 Å². The van der Waals surface area contributed by atoms with Crippen LogP contribution in [0.2, 0.25) is 0 Å². The first-order chi connectivity index (χ1) is 9.52. The van der Waals surface area contributed by atoms with Crippen LogP contribution in [-0.4, -0.2) is 29.9 Å². The molecule has 0 aliphatic carbocycles. The van der Waals surface area contributed by atoms with Crippen molar-refractivity contribution in [1.29, 1.82) is 0 Å². The summed E-state index contributed by atoms with van der Waals surface area (Å²) in [7, 11) is 0. The molecular weight excluding hydrogens is 256 g/mol. The third-order valence-corrected chi connectivity index (χ3v) is 3.00. The highest BCUT2D eigenvalue weighted by atomic mass is 16.5. The maximum atomic E-state index is 10.7. The van der Waals surface area contributed by atoms with Gasteiger partial charge >= 0.3 is 5.97 Å². The first-order valence-corrected chi connectivity index (χ1v) is 7.14. The number of rotatable bonds is 9. The standard InChI is InChI=1S/C16H24O4/c1-4-5-10-19-12(2)11-13(3)20-15-8-6-14(7-9-15)16(17)18/h6-9,12-13H,4-5,10-11H2,1-3H3,(H,17,18)/t12-,13+/m1/s1. The number of hydrogen-bond acceptors (Lipinski definition) is 3. The fourth-order valence-electron chi connectivity index (χ4n) is 1.92. The number of aromatic carboxylic acids is 1. The zero-order valence-corrected chi connectivity index (χ0v) is 12.5. The first kappa shape index (κ1) is 16.5. The van der Waals surface area contributed by atoms with Gasteiger partial charge in [-0.3, -0.25) is 0 Å². The minimum atomic E-state index is -0.928. The Hall–Kier alpha value is -1.55. The van der Waals surface area contributed by atoms with E-state index in [1.165, 1.54) is 0 Å². The Bertz CT molecular complexity index is 399. The molecule has 0 aliphatic heterocycles. The zero-order valence-electron chi connectivity index (χ0n) is 12.5. The molecule has 1 aromatic rings. The van der Waals surface area contributed by atoms with Gasteiger partial charge in [-0.15, -0.1) is 0 Å². The molecule has 4 nitrogen and oxygen atoms in total. The van der Waals surface area contributed by atoms with E-state index in [-0.39, 0.29) is 17.8 Å². The number of carboxylic acid groups (broad SMARTS) is 1. The van der Waals surface area contributed by atoms with E-state index in [2.05, 4.69) is 6.92 Å². The lowest BCUT2D eigenvalue weighted by molar-refractivity contribution is 0.0334. The third-order valence-electron chi connectivity index (χ3n) is 3.00. The van der Waals surface area contributed by atoms with E-state index in [0.717, 1.165) is 25.9 Å². The van der Waals surface area contributed by atoms with Gasteiger partial charge in [-0.2, -0.15) is 0 Å². The molecule has 4 heteroatoms. The average molecular weight is 280 g/mol. The van der Waals surface area contributed by atoms with E-state index in [1.807, 2.05) is 13.8 Å². The van der Waals surface area contributed by atoms with Crippen LogP contribution in [0.4, 0.5) is 0 Å². The Morgan fingerprint density at radius 3 is 2.40 bits per heavy atom. The van der Waals surface area contributed by atoms with E-state index in [4.69, 9.17) is 14.6 Å². The van der Waals surface area contributed by atoms with E-state index < -0.39 is 5.97 Å². The van der Waals surface area contributed by atoms with Crippen LogP contribution in [0.3, 0.4) is 0 Å². The highest BCUT2D eigenvalue weighted by Crippen LogP contribution is 2.16. The van der Waals surface area contributed by atoms with Crippen molar-refractivity contribution in [2.45, 2.75) is 52.2 Å². The number of hydrogen-bond donors (Lipinski definition) is 1. The first-order valence-electron chi connectivity index (χ1n) is 7.14. The molecule has 0 fully saturated rings. The van der Waals surface area contributed by atoms with Crippen molar-refractivity contribution in [2.75, 3.05) is 6.61 Å². The van der Waals surface area contributed by atoms with Crippen LogP contribution in [0.1, 0.15) is 50.4 Å². The molecule has 0 saturated carbocycles. The maximum Gasteiger partial charge on any atom is 0.335 e. The Balaban J connectivity index is 2.37. The van der Waals surface area contributed by atoms with Gasteiger partial charge in [0.05, 0.1) is 17.8 Å². The third kappa shape index (κ3) is 6.06. The van der Waals surface area contributed by atoms with Gasteiger partial charge < -0.3 is 14.6 Å². The zero-order chi connectivity index (χ0) is 15.0. The predicted molar refractivity (Wildman–Crippen MR) is 78.4 cm³/mol. The lowest BCUT2D eigenvalue weighted by Crippen LogP contribution is -2.21. The molecule has 1 rings (SSSR count). The van der Waals surface area contributed by atoms with Gasteiger partial charge in [-0.1, -0.05) is 13.3 Å². The summed E-state index contributed by atoms with van der Waals surface area (Å²) in [5.41, 5.74) is 0.265. The van der Waals surface area contributed by atoms with Crippen LogP contribution in [0.15, 0.2) is 24.3 Å². The van der Waals surface area contributed by atoms with E-state index in [9.17, 15) is 4.79 Å². The maximum absolute atomic E-state index is 10.7. The minimum Gasteiger partial charge on any atom is -0.491 e. The molecule has 2 atom stereocenters. The molecule has 0 saturated heterocycles. The Labute approximate surface area is 120 Å². The minimum absolute atomic E-state index is 0.0299. The molecule has 0 radical (unpaired) electrons. The molecule has 0 bridgehead atoms. The van der Waals surface area contributed by atoms with E-state index in [1.54, 1.807) is 24.3 Å². The van der Waals surface area contributed by atoms with Crippen LogP contribution >= 0.6 is 0 Å². The smallest absolute Gasteiger partial charge is 0.335 e. The quantitative estimate of drug-likeness (QED) is 0.700. The Kier molecular flexibility index (Phi) is 7.09. The molecular formula is C16H24O4. The van der Waals surface area contributed by atoms with Crippen molar-refractivity contribution in [1.82, 2.24) is 0 Å². The van der Waals surface area contributed by atoms with Crippen LogP contribution in [-0.2, 0) is 4.74 Å². The summed E-state index contributed by atoms with van der Waals surface area (Å²) in [4.78, 5) is 10.7. The number of carboxylic acids is 1. The number of unbranched alkanes of at least 4 members (excludes halogenated alkanes) is 1. The van der Waals surface area contributed by atoms with Gasteiger partial charge in [-0.25, -0.2) is 4.79 Å². The van der Waals surface area contributed by atoms with E-state index in [0.29, 0.717) is 5.75 Å². The van der Waals surface area contributed by atoms with Gasteiger partial charge in [-0.05, 0) is 44.5 Å². The highest BCUT2D eigenvalue weighted by molar-refractivity contribution is 5.87. The summed E-state index contributed by atoms with van der Waals surface area (Å²) in [6.45, 7) is 6.96. The van der Waals surface area contributed by atoms with Crippen molar-refractivity contribution in [3.05, 3.63) is 29.8 Å². The number of carbonyl (C=O) groups is 1. The van der Waals surface area contributed by atoms with Crippen molar-refractivity contribution >= 4 is 5.97 Å². The van der Waals surface area contributed by atoms with Gasteiger partial charge in [0.15, 0.2) is 0 Å². The number of ether oxygens (including phenoxy) is 2. The monoisotopic (exact) mass is 280 g/mol. The second kappa shape index (κ2) is 8.59. The fourth-order valence-corrected chi connectivity index (χ4v) is 1.92. The average Bonchev–Trinajstić information content (AvgIpc) is 2.39. The summed E-state index contributed by atoms with van der Waals surface area (Å²) in [6.07, 6.45) is 3.21. The SMILES string of the molecule is CCCCO[C@H](C)C[C@H](C)Oc1ccc(C(=O)O)cc1. The molecule has 1 aromatic carbocycles. The second-order valence-electron chi connectivity index (χ2n) is 5.03. The van der Waals surface area contributed by atoms with Gasteiger partial charge in [0.2, 0.25) is 0 Å². The largest absolute Gasteiger partial charge is 0.491 e. The van der Waals surface area contributed by atoms with Crippen LogP contribution in [0.5, 0.6) is 5.75 Å². The lowest BCUT2D eigenvalue weighted by Gasteiger charge is -2.19. The van der Waals surface area contributed by atoms with Crippen molar-refractivity contribution in [2.24, 2.45) is 0 Å². The molecule has 0 spiro atoms. The predicted octanol–water partition coefficient (Wildman–Crippen LogP) is 3.75. The summed E-state index contributed by atoms with van der Waals surface area (Å²) in [5.74, 6) is -0.245. The van der Waals surface area contributed by atoms with Crippen LogP contribution in [0, 0.1) is 0 Å². The van der Waals surface area contributed by atoms with Crippen LogP contribution < -0.4 is 4.74 Å². The summed E-state index contributed by atoms with van der Waals surface area (Å²) < 4.78 is 11.4. The number of benzene rings is 1. The molecule has 0 heterocycles. The Morgan fingerprint density at radius 2 is 1.85 bits per heavy atom. The van der Waals surface area contributed by atoms with Crippen molar-refractivity contribution < 1.29 is 19.4 Å². The molecule has 1 N–H and O–H groups in total. The molecule has 112 valence electrons. The molecule has 0 aromatic heterocycles. The highest BCUT2D eigenvalue weighted by Gasteiger charge is 2.11. The van der Waals surface area contributed by atoms with Gasteiger partial charge in [0.1, 0.15) is 5.75 Å². The molecule has 20 heavy (non-hydrogen) atoms. The normalized spacial score (nSPS) is 13.8. The Morgan fingerprint density at radius 1 is 1.20 bits per heavy atom. The summed E-state index contributed by atoms with van der Waals surface area (Å²) in [6, 6.07) is 6.46. The molecule has 0 unspecified atom stereocenters. The fraction of sp³-hybridized carbons (Fsp3) is 0.562. The second-order valence-corrected chi connectivity index (χ2v) is 5.03. The lowest BCUT2D eigenvalue weighted by atomic mass is 10.2. The molecule has 0 amide bonds. The molecule has 0 aliphatic rings. The van der Waals surface area contributed by atoms with E-state index >= 15 is 0 Å². The van der Waals surface area contributed by atoms with Gasteiger partial charge in [0, 0.05) is 13.0 Å². The summed E-state index contributed by atoms with van der Waals surface area (Å²) >= 11 is 0. The van der Waals surface area contributed by atoms with Crippen LogP contribution in [0.25, 0.3) is 0 Å².